The lowest BCUT2D eigenvalue weighted by Gasteiger charge is -2.10. The van der Waals surface area contributed by atoms with Gasteiger partial charge in [-0.25, -0.2) is 4.98 Å². The van der Waals surface area contributed by atoms with Gasteiger partial charge in [-0.1, -0.05) is 0 Å². The topological polar surface area (TPSA) is 141 Å². The SMILES string of the molecule is O=C([O-])c1cc(C(=O)[O-])cc(-c2ccc(/C=N/n3cnc4sc5c(c4c3=O)CCCC5)o2)c1. The molecule has 0 aliphatic heterocycles. The third kappa shape index (κ3) is 3.85. The maximum absolute atomic E-state index is 13.0. The van der Waals surface area contributed by atoms with Crippen molar-refractivity contribution in [1.29, 1.82) is 0 Å². The van der Waals surface area contributed by atoms with Gasteiger partial charge >= 0.3 is 0 Å². The zero-order valence-corrected chi connectivity index (χ0v) is 17.9. The molecule has 1 aromatic carbocycles. The van der Waals surface area contributed by atoms with Gasteiger partial charge in [-0.05, 0) is 72.7 Å². The smallest absolute Gasteiger partial charge is 0.282 e. The van der Waals surface area contributed by atoms with Crippen molar-refractivity contribution in [3.63, 3.8) is 0 Å². The van der Waals surface area contributed by atoms with Gasteiger partial charge in [0, 0.05) is 10.4 Å². The first-order chi connectivity index (χ1) is 15.9. The minimum Gasteiger partial charge on any atom is -0.545 e. The maximum Gasteiger partial charge on any atom is 0.282 e. The second kappa shape index (κ2) is 8.14. The molecule has 4 aromatic rings. The number of carbonyl (C=O) groups excluding carboxylic acids is 2. The Labute approximate surface area is 190 Å². The van der Waals surface area contributed by atoms with E-state index in [0.717, 1.165) is 46.8 Å². The number of hydrogen-bond donors (Lipinski definition) is 0. The minimum atomic E-state index is -1.52. The molecule has 0 bridgehead atoms. The number of aromatic nitrogens is 2. The number of aryl methyl sites for hydroxylation is 2. The Hall–Kier alpha value is -4.05. The number of carbonyl (C=O) groups is 2. The molecule has 0 saturated heterocycles. The van der Waals surface area contributed by atoms with E-state index in [1.54, 1.807) is 17.4 Å². The molecule has 0 N–H and O–H groups in total. The van der Waals surface area contributed by atoms with Crippen LogP contribution in [0.15, 0.2) is 51.0 Å². The summed E-state index contributed by atoms with van der Waals surface area (Å²) in [6.45, 7) is 0. The van der Waals surface area contributed by atoms with Crippen LogP contribution in [0.25, 0.3) is 21.5 Å². The molecular formula is C23H15N3O6S-2. The lowest BCUT2D eigenvalue weighted by molar-refractivity contribution is -0.255. The summed E-state index contributed by atoms with van der Waals surface area (Å²) in [6, 6.07) is 6.53. The maximum atomic E-state index is 13.0. The van der Waals surface area contributed by atoms with E-state index in [4.69, 9.17) is 4.42 Å². The Bertz CT molecular complexity index is 1480. The monoisotopic (exact) mass is 461 g/mol. The summed E-state index contributed by atoms with van der Waals surface area (Å²) in [5.74, 6) is -2.55. The van der Waals surface area contributed by atoms with E-state index in [1.807, 2.05) is 0 Å². The lowest BCUT2D eigenvalue weighted by Crippen LogP contribution is -2.25. The molecule has 0 fully saturated rings. The van der Waals surface area contributed by atoms with Crippen LogP contribution in [0.4, 0.5) is 0 Å². The number of carboxylic acids is 2. The molecule has 10 heteroatoms. The van der Waals surface area contributed by atoms with Gasteiger partial charge in [0.15, 0.2) is 0 Å². The standard InChI is InChI=1S/C23H17N3O6S/c27-21-19-16-3-1-2-4-18(16)33-20(19)24-11-26(21)25-10-15-5-6-17(32-15)12-7-13(22(28)29)9-14(8-12)23(30)31/h5-11H,1-4H2,(H,28,29)(H,30,31)/p-2/b25-10+. The highest BCUT2D eigenvalue weighted by atomic mass is 32.1. The second-order valence-corrected chi connectivity index (χ2v) is 8.69. The summed E-state index contributed by atoms with van der Waals surface area (Å²) in [5, 5.41) is 27.2. The summed E-state index contributed by atoms with van der Waals surface area (Å²) in [4.78, 5) is 41.7. The third-order valence-electron chi connectivity index (χ3n) is 5.48. The van der Waals surface area contributed by atoms with Gasteiger partial charge in [0.05, 0.1) is 23.5 Å². The van der Waals surface area contributed by atoms with Gasteiger partial charge < -0.3 is 24.2 Å². The highest BCUT2D eigenvalue weighted by Gasteiger charge is 2.20. The first-order valence-electron chi connectivity index (χ1n) is 10.1. The molecule has 0 amide bonds. The van der Waals surface area contributed by atoms with E-state index in [1.165, 1.54) is 35.6 Å². The number of fused-ring (bicyclic) bond motifs is 3. The van der Waals surface area contributed by atoms with Crippen LogP contribution in [-0.2, 0) is 12.8 Å². The largest absolute Gasteiger partial charge is 0.545 e. The van der Waals surface area contributed by atoms with Gasteiger partial charge in [0.2, 0.25) is 0 Å². The predicted octanol–water partition coefficient (Wildman–Crippen LogP) is 1.21. The van der Waals surface area contributed by atoms with E-state index in [-0.39, 0.29) is 33.8 Å². The summed E-state index contributed by atoms with van der Waals surface area (Å²) in [7, 11) is 0. The van der Waals surface area contributed by atoms with Crippen LogP contribution < -0.4 is 15.8 Å². The van der Waals surface area contributed by atoms with Gasteiger partial charge in [0.1, 0.15) is 22.7 Å². The van der Waals surface area contributed by atoms with Crippen molar-refractivity contribution >= 4 is 39.7 Å². The van der Waals surface area contributed by atoms with Gasteiger partial charge in [-0.3, -0.25) is 4.79 Å². The molecule has 0 radical (unpaired) electrons. The quantitative estimate of drug-likeness (QED) is 0.407. The number of thiophene rings is 1. The van der Waals surface area contributed by atoms with Gasteiger partial charge in [0.25, 0.3) is 5.56 Å². The number of carboxylic acid groups (broad SMARTS) is 2. The summed E-state index contributed by atoms with van der Waals surface area (Å²) in [5.41, 5.74) is 0.412. The molecule has 0 atom stereocenters. The number of hydrogen-bond acceptors (Lipinski definition) is 9. The van der Waals surface area contributed by atoms with E-state index < -0.39 is 11.9 Å². The highest BCUT2D eigenvalue weighted by molar-refractivity contribution is 7.18. The molecule has 0 spiro atoms. The normalized spacial score (nSPS) is 13.5. The van der Waals surface area contributed by atoms with Crippen molar-refractivity contribution in [1.82, 2.24) is 9.66 Å². The zero-order valence-electron chi connectivity index (χ0n) is 17.1. The van der Waals surface area contributed by atoms with Crippen LogP contribution in [0.2, 0.25) is 0 Å². The Kier molecular flexibility index (Phi) is 5.14. The highest BCUT2D eigenvalue weighted by Crippen LogP contribution is 2.33. The third-order valence-corrected chi connectivity index (χ3v) is 6.68. The zero-order chi connectivity index (χ0) is 23.1. The van der Waals surface area contributed by atoms with Crippen molar-refractivity contribution in [3.05, 3.63) is 74.3 Å². The number of rotatable bonds is 5. The summed E-state index contributed by atoms with van der Waals surface area (Å²) in [6.07, 6.45) is 6.68. The molecule has 1 aliphatic carbocycles. The summed E-state index contributed by atoms with van der Waals surface area (Å²) >= 11 is 1.56. The molecular weight excluding hydrogens is 446 g/mol. The number of nitrogens with zero attached hydrogens (tertiary/aromatic N) is 3. The molecule has 1 aliphatic rings. The average molecular weight is 461 g/mol. The van der Waals surface area contributed by atoms with E-state index in [2.05, 4.69) is 10.1 Å². The van der Waals surface area contributed by atoms with Crippen molar-refractivity contribution in [3.8, 4) is 11.3 Å². The van der Waals surface area contributed by atoms with Crippen LogP contribution in [0, 0.1) is 0 Å². The first kappa shape index (κ1) is 20.8. The van der Waals surface area contributed by atoms with Crippen molar-refractivity contribution in [2.45, 2.75) is 25.7 Å². The fourth-order valence-electron chi connectivity index (χ4n) is 3.92. The Balaban J connectivity index is 1.47. The molecule has 166 valence electrons. The Morgan fingerprint density at radius 1 is 1.09 bits per heavy atom. The van der Waals surface area contributed by atoms with Gasteiger partial charge in [-0.15, -0.1) is 11.3 Å². The molecule has 5 rings (SSSR count). The predicted molar refractivity (Wildman–Crippen MR) is 116 cm³/mol. The fraction of sp³-hybridized carbons (Fsp3) is 0.174. The first-order valence-corrected chi connectivity index (χ1v) is 11.0. The molecule has 33 heavy (non-hydrogen) atoms. The molecule has 0 unspecified atom stereocenters. The Morgan fingerprint density at radius 3 is 2.55 bits per heavy atom. The second-order valence-electron chi connectivity index (χ2n) is 7.61. The Morgan fingerprint density at radius 2 is 1.82 bits per heavy atom. The number of furan rings is 1. The van der Waals surface area contributed by atoms with Crippen LogP contribution >= 0.6 is 11.3 Å². The van der Waals surface area contributed by atoms with Crippen LogP contribution in [0.1, 0.15) is 49.8 Å². The van der Waals surface area contributed by atoms with E-state index in [0.29, 0.717) is 5.39 Å². The van der Waals surface area contributed by atoms with Gasteiger partial charge in [-0.2, -0.15) is 9.78 Å². The van der Waals surface area contributed by atoms with Crippen LogP contribution in [0.5, 0.6) is 0 Å². The van der Waals surface area contributed by atoms with Crippen LogP contribution in [-0.4, -0.2) is 27.8 Å². The van der Waals surface area contributed by atoms with E-state index in [9.17, 15) is 24.6 Å². The molecule has 9 nitrogen and oxygen atoms in total. The lowest BCUT2D eigenvalue weighted by atomic mass is 9.97. The number of benzene rings is 1. The van der Waals surface area contributed by atoms with Crippen molar-refractivity contribution in [2.75, 3.05) is 0 Å². The van der Waals surface area contributed by atoms with E-state index >= 15 is 0 Å². The fourth-order valence-corrected chi connectivity index (χ4v) is 5.14. The number of aromatic carboxylic acids is 2. The summed E-state index contributed by atoms with van der Waals surface area (Å²) < 4.78 is 6.80. The van der Waals surface area contributed by atoms with Crippen LogP contribution in [0.3, 0.4) is 0 Å². The van der Waals surface area contributed by atoms with Crippen molar-refractivity contribution in [2.24, 2.45) is 5.10 Å². The molecule has 3 aromatic heterocycles. The van der Waals surface area contributed by atoms with Crippen molar-refractivity contribution < 1.29 is 24.2 Å². The minimum absolute atomic E-state index is 0.217. The molecule has 3 heterocycles. The average Bonchev–Trinajstić information content (AvgIpc) is 3.43. The molecule has 0 saturated carbocycles.